The molecule has 2 aromatic carbocycles. The highest BCUT2D eigenvalue weighted by Crippen LogP contribution is 2.29. The van der Waals surface area contributed by atoms with E-state index in [1.165, 1.54) is 24.3 Å². The second-order valence-electron chi connectivity index (χ2n) is 8.98. The van der Waals surface area contributed by atoms with E-state index in [1.807, 2.05) is 0 Å². The number of alkyl halides is 3. The quantitative estimate of drug-likeness (QED) is 0.450. The van der Waals surface area contributed by atoms with Crippen LogP contribution in [0.15, 0.2) is 42.5 Å². The lowest BCUT2D eigenvalue weighted by molar-refractivity contribution is -0.137. The molecule has 4 N–H and O–H groups in total. The number of nitrogens with one attached hydrogen (secondary N) is 3. The molecule has 11 heteroatoms. The minimum atomic E-state index is -4.46. The first-order chi connectivity index (χ1) is 17.6. The molecule has 0 saturated carbocycles. The van der Waals surface area contributed by atoms with Crippen molar-refractivity contribution in [3.63, 3.8) is 0 Å². The molecule has 37 heavy (non-hydrogen) atoms. The number of aliphatic hydroxyl groups is 1. The van der Waals surface area contributed by atoms with Gasteiger partial charge in [-0.05, 0) is 48.6 Å². The van der Waals surface area contributed by atoms with Crippen molar-refractivity contribution in [2.45, 2.75) is 57.0 Å². The van der Waals surface area contributed by atoms with Crippen LogP contribution < -0.4 is 20.7 Å². The Morgan fingerprint density at radius 1 is 1.08 bits per heavy atom. The number of fused-ring (bicyclic) bond motifs is 2. The SMILES string of the molecule is O=C1CCC(=O)NC(C(O)CNCc2cccc(C(F)(F)F)c2)Cc2cc(F)cc(c2)OCCCCN1. The van der Waals surface area contributed by atoms with Crippen molar-refractivity contribution in [3.05, 3.63) is 65.0 Å². The number of aliphatic hydroxyl groups excluding tert-OH is 1. The number of amides is 2. The van der Waals surface area contributed by atoms with Crippen LogP contribution >= 0.6 is 0 Å². The molecule has 0 spiro atoms. The van der Waals surface area contributed by atoms with Crippen LogP contribution in [-0.2, 0) is 28.7 Å². The van der Waals surface area contributed by atoms with E-state index in [9.17, 15) is 32.3 Å². The van der Waals surface area contributed by atoms with E-state index in [4.69, 9.17) is 4.74 Å². The summed E-state index contributed by atoms with van der Waals surface area (Å²) >= 11 is 0. The van der Waals surface area contributed by atoms with Crippen LogP contribution in [0, 0.1) is 5.82 Å². The van der Waals surface area contributed by atoms with E-state index in [-0.39, 0.29) is 38.3 Å². The van der Waals surface area contributed by atoms with Gasteiger partial charge in [-0.3, -0.25) is 9.59 Å². The van der Waals surface area contributed by atoms with Crippen LogP contribution in [0.1, 0.15) is 42.4 Å². The van der Waals surface area contributed by atoms with E-state index in [0.717, 1.165) is 12.1 Å². The summed E-state index contributed by atoms with van der Waals surface area (Å²) in [5, 5.41) is 19.2. The minimum absolute atomic E-state index is 0.0247. The first-order valence-electron chi connectivity index (χ1n) is 12.1. The second kappa shape index (κ2) is 13.4. The van der Waals surface area contributed by atoms with Gasteiger partial charge >= 0.3 is 6.18 Å². The molecule has 2 unspecified atom stereocenters. The first-order valence-corrected chi connectivity index (χ1v) is 12.1. The van der Waals surface area contributed by atoms with Crippen molar-refractivity contribution < 1.29 is 37.0 Å². The van der Waals surface area contributed by atoms with Crippen molar-refractivity contribution in [1.82, 2.24) is 16.0 Å². The van der Waals surface area contributed by atoms with E-state index in [0.29, 0.717) is 42.9 Å². The molecule has 0 radical (unpaired) electrons. The number of benzene rings is 2. The summed E-state index contributed by atoms with van der Waals surface area (Å²) in [5.41, 5.74) is 0.0920. The number of hydrogen-bond acceptors (Lipinski definition) is 5. The van der Waals surface area contributed by atoms with E-state index in [2.05, 4.69) is 16.0 Å². The molecule has 1 heterocycles. The fraction of sp³-hybridized carbons (Fsp3) is 0.462. The highest BCUT2D eigenvalue weighted by Gasteiger charge is 2.30. The molecular weight excluding hydrogens is 494 g/mol. The van der Waals surface area contributed by atoms with Gasteiger partial charge in [-0.2, -0.15) is 13.2 Å². The smallest absolute Gasteiger partial charge is 0.416 e. The van der Waals surface area contributed by atoms with Gasteiger partial charge in [0.15, 0.2) is 0 Å². The average molecular weight is 526 g/mol. The second-order valence-corrected chi connectivity index (χ2v) is 8.98. The monoisotopic (exact) mass is 525 g/mol. The van der Waals surface area contributed by atoms with Crippen molar-refractivity contribution in [3.8, 4) is 5.75 Å². The molecule has 0 aliphatic carbocycles. The molecule has 7 nitrogen and oxygen atoms in total. The summed E-state index contributed by atoms with van der Waals surface area (Å²) in [6, 6.07) is 8.14. The summed E-state index contributed by atoms with van der Waals surface area (Å²) in [4.78, 5) is 24.5. The zero-order valence-corrected chi connectivity index (χ0v) is 20.2. The van der Waals surface area contributed by atoms with Crippen molar-refractivity contribution in [2.75, 3.05) is 19.7 Å². The molecule has 0 fully saturated rings. The largest absolute Gasteiger partial charge is 0.493 e. The van der Waals surface area contributed by atoms with Crippen LogP contribution in [0.4, 0.5) is 17.6 Å². The van der Waals surface area contributed by atoms with E-state index < -0.39 is 35.6 Å². The van der Waals surface area contributed by atoms with Crippen LogP contribution in [0.25, 0.3) is 0 Å². The average Bonchev–Trinajstić information content (AvgIpc) is 2.83. The minimum Gasteiger partial charge on any atom is -0.493 e. The lowest BCUT2D eigenvalue weighted by atomic mass is 10.00. The van der Waals surface area contributed by atoms with Crippen LogP contribution in [0.2, 0.25) is 0 Å². The molecule has 0 saturated heterocycles. The third-order valence-corrected chi connectivity index (χ3v) is 5.88. The van der Waals surface area contributed by atoms with Gasteiger partial charge in [-0.1, -0.05) is 18.2 Å². The van der Waals surface area contributed by atoms with Gasteiger partial charge in [0.05, 0.1) is 24.3 Å². The van der Waals surface area contributed by atoms with Gasteiger partial charge in [0.1, 0.15) is 11.6 Å². The van der Waals surface area contributed by atoms with Gasteiger partial charge < -0.3 is 25.8 Å². The molecule has 2 atom stereocenters. The Balaban J connectivity index is 1.70. The normalized spacial score (nSPS) is 18.9. The number of carbonyl (C=O) groups excluding carboxylic acids is 2. The van der Waals surface area contributed by atoms with Gasteiger partial charge in [0.25, 0.3) is 0 Å². The number of halogens is 4. The molecule has 2 amide bonds. The van der Waals surface area contributed by atoms with Gasteiger partial charge in [0.2, 0.25) is 11.8 Å². The number of rotatable bonds is 5. The standard InChI is InChI=1S/C26H31F4N3O4/c27-20-11-18-12-21(14-20)37-9-2-1-8-32-24(35)6-7-25(36)33-22(13-18)23(34)16-31-15-17-4-3-5-19(10-17)26(28,29)30/h3-5,10-12,14,22-23,31,34H,1-2,6-9,13,15-16H2,(H,32,35)(H,33,36). The molecule has 2 bridgehead atoms. The lowest BCUT2D eigenvalue weighted by Gasteiger charge is -2.25. The topological polar surface area (TPSA) is 99.7 Å². The highest BCUT2D eigenvalue weighted by atomic mass is 19.4. The predicted molar refractivity (Wildman–Crippen MR) is 128 cm³/mol. The number of carbonyl (C=O) groups is 2. The van der Waals surface area contributed by atoms with E-state index >= 15 is 0 Å². The molecule has 0 aromatic heterocycles. The van der Waals surface area contributed by atoms with Crippen LogP contribution in [0.3, 0.4) is 0 Å². The van der Waals surface area contributed by atoms with Crippen molar-refractivity contribution in [2.24, 2.45) is 0 Å². The maximum Gasteiger partial charge on any atom is 0.416 e. The number of ether oxygens (including phenoxy) is 1. The fourth-order valence-electron chi connectivity index (χ4n) is 3.96. The molecule has 3 rings (SSSR count). The highest BCUT2D eigenvalue weighted by molar-refractivity contribution is 5.83. The zero-order valence-electron chi connectivity index (χ0n) is 20.2. The van der Waals surface area contributed by atoms with Crippen LogP contribution in [0.5, 0.6) is 5.75 Å². The summed E-state index contributed by atoms with van der Waals surface area (Å²) in [6.45, 7) is 0.762. The Bertz CT molecular complexity index is 1060. The Kier molecular flexibility index (Phi) is 10.3. The molecule has 2 aromatic rings. The Labute approximate surface area is 212 Å². The maximum atomic E-state index is 14.2. The van der Waals surface area contributed by atoms with Crippen molar-refractivity contribution in [1.29, 1.82) is 0 Å². The Morgan fingerprint density at radius 2 is 1.86 bits per heavy atom. The summed E-state index contributed by atoms with van der Waals surface area (Å²) in [6.07, 6.45) is -4.36. The summed E-state index contributed by atoms with van der Waals surface area (Å²) < 4.78 is 58.7. The lowest BCUT2D eigenvalue weighted by Crippen LogP contribution is -2.48. The molecular formula is C26H31F4N3O4. The predicted octanol–water partition coefficient (Wildman–Crippen LogP) is 3.09. The molecule has 202 valence electrons. The van der Waals surface area contributed by atoms with Crippen molar-refractivity contribution >= 4 is 11.8 Å². The van der Waals surface area contributed by atoms with Gasteiger partial charge in [0, 0.05) is 38.5 Å². The van der Waals surface area contributed by atoms with E-state index in [1.54, 1.807) is 6.07 Å². The number of hydrogen-bond donors (Lipinski definition) is 4. The fourth-order valence-corrected chi connectivity index (χ4v) is 3.96. The van der Waals surface area contributed by atoms with Crippen LogP contribution in [-0.4, -0.2) is 48.8 Å². The summed E-state index contributed by atoms with van der Waals surface area (Å²) in [5.74, 6) is -0.941. The summed E-state index contributed by atoms with van der Waals surface area (Å²) in [7, 11) is 0. The zero-order chi connectivity index (χ0) is 26.8. The molecule has 1 aliphatic rings. The molecule has 1 aliphatic heterocycles. The third kappa shape index (κ3) is 9.66. The maximum absolute atomic E-state index is 14.2. The Morgan fingerprint density at radius 3 is 2.65 bits per heavy atom. The van der Waals surface area contributed by atoms with Gasteiger partial charge in [-0.15, -0.1) is 0 Å². The third-order valence-electron chi connectivity index (χ3n) is 5.88. The first kappa shape index (κ1) is 28.4. The van der Waals surface area contributed by atoms with Gasteiger partial charge in [-0.25, -0.2) is 4.39 Å². The Hall–Kier alpha value is -3.18.